The van der Waals surface area contributed by atoms with Crippen LogP contribution in [0.3, 0.4) is 0 Å². The molecule has 0 saturated heterocycles. The van der Waals surface area contributed by atoms with Gasteiger partial charge in [-0.2, -0.15) is 0 Å². The molecule has 7 heteroatoms. The van der Waals surface area contributed by atoms with Crippen molar-refractivity contribution in [2.75, 3.05) is 0 Å². The van der Waals surface area contributed by atoms with E-state index in [4.69, 9.17) is 23.8 Å². The van der Waals surface area contributed by atoms with Gasteiger partial charge in [-0.3, -0.25) is 0 Å². The van der Waals surface area contributed by atoms with Gasteiger partial charge < -0.3 is 0 Å². The molecular weight excluding hydrogens is 359 g/mol. The van der Waals surface area contributed by atoms with Crippen molar-refractivity contribution in [1.82, 2.24) is 9.78 Å². The molecule has 0 amide bonds. The van der Waals surface area contributed by atoms with E-state index in [-0.39, 0.29) is 5.82 Å². The van der Waals surface area contributed by atoms with Gasteiger partial charge in [-0.15, -0.1) is 5.10 Å². The summed E-state index contributed by atoms with van der Waals surface area (Å²) in [4.78, 5) is 0. The van der Waals surface area contributed by atoms with Crippen LogP contribution in [0.5, 0.6) is 0 Å². The third-order valence-corrected chi connectivity index (χ3v) is 5.56. The number of aromatic nitrogens is 2. The molecule has 0 spiro atoms. The van der Waals surface area contributed by atoms with E-state index in [1.54, 1.807) is 28.6 Å². The molecule has 3 rings (SSSR count). The normalized spacial score (nSPS) is 10.8. The smallest absolute Gasteiger partial charge is 0.184 e. The minimum absolute atomic E-state index is 0.226. The number of hydrogen-bond acceptors (Lipinski definition) is 4. The number of halogens is 2. The average molecular weight is 369 g/mol. The fraction of sp³-hybridized carbons (Fsp3) is 0.0667. The van der Waals surface area contributed by atoms with Crippen LogP contribution in [0.2, 0.25) is 5.02 Å². The molecule has 0 aliphatic rings. The van der Waals surface area contributed by atoms with Crippen LogP contribution in [0, 0.1) is 9.77 Å². The Bertz CT molecular complexity index is 825. The van der Waals surface area contributed by atoms with Crippen molar-refractivity contribution in [3.8, 4) is 5.69 Å². The molecule has 0 unspecified atom stereocenters. The molecule has 0 radical (unpaired) electrons. The lowest BCUT2D eigenvalue weighted by Crippen LogP contribution is -1.95. The lowest BCUT2D eigenvalue weighted by molar-refractivity contribution is 0.627. The molecule has 2 nitrogen and oxygen atoms in total. The molecule has 0 fully saturated rings. The quantitative estimate of drug-likeness (QED) is 0.431. The molecule has 3 aromatic rings. The Morgan fingerprint density at radius 3 is 2.50 bits per heavy atom. The van der Waals surface area contributed by atoms with Crippen LogP contribution in [-0.2, 0) is 5.75 Å². The van der Waals surface area contributed by atoms with E-state index in [9.17, 15) is 4.39 Å². The summed E-state index contributed by atoms with van der Waals surface area (Å²) in [6, 6.07) is 13.9. The summed E-state index contributed by atoms with van der Waals surface area (Å²) >= 11 is 14.3. The van der Waals surface area contributed by atoms with E-state index in [0.717, 1.165) is 21.3 Å². The standard InChI is InChI=1S/C15H10ClFN2S3/c16-11-3-7-13(8-4-11)19-15(20)22-14(18-19)21-9-10-1-5-12(17)6-2-10/h1-8H,9H2. The zero-order valence-electron chi connectivity index (χ0n) is 11.2. The lowest BCUT2D eigenvalue weighted by atomic mass is 10.2. The molecule has 1 aromatic heterocycles. The van der Waals surface area contributed by atoms with E-state index >= 15 is 0 Å². The number of hydrogen-bond donors (Lipinski definition) is 0. The number of rotatable bonds is 4. The van der Waals surface area contributed by atoms with Crippen LogP contribution in [-0.4, -0.2) is 9.78 Å². The highest BCUT2D eigenvalue weighted by Crippen LogP contribution is 2.27. The van der Waals surface area contributed by atoms with Gasteiger partial charge in [0.25, 0.3) is 0 Å². The maximum atomic E-state index is 12.9. The highest BCUT2D eigenvalue weighted by molar-refractivity contribution is 8.00. The second-order valence-corrected chi connectivity index (χ2v) is 7.72. The molecule has 0 atom stereocenters. The maximum absolute atomic E-state index is 12.9. The molecule has 22 heavy (non-hydrogen) atoms. The van der Waals surface area contributed by atoms with Gasteiger partial charge in [0.05, 0.1) is 5.69 Å². The summed E-state index contributed by atoms with van der Waals surface area (Å²) in [5.41, 5.74) is 1.94. The molecule has 112 valence electrons. The van der Waals surface area contributed by atoms with Crippen LogP contribution in [0.4, 0.5) is 4.39 Å². The van der Waals surface area contributed by atoms with Crippen molar-refractivity contribution in [2.45, 2.75) is 10.1 Å². The van der Waals surface area contributed by atoms with Crippen LogP contribution in [0.1, 0.15) is 5.56 Å². The first-order valence-electron chi connectivity index (χ1n) is 6.35. The van der Waals surface area contributed by atoms with Gasteiger partial charge in [-0.25, -0.2) is 9.07 Å². The van der Waals surface area contributed by atoms with Gasteiger partial charge in [0, 0.05) is 10.8 Å². The highest BCUT2D eigenvalue weighted by atomic mass is 35.5. The Kier molecular flexibility index (Phi) is 4.93. The first kappa shape index (κ1) is 15.7. The van der Waals surface area contributed by atoms with E-state index in [1.165, 1.54) is 23.5 Å². The van der Waals surface area contributed by atoms with Crippen LogP contribution in [0.15, 0.2) is 52.9 Å². The molecule has 0 N–H and O–H groups in total. The van der Waals surface area contributed by atoms with Gasteiger partial charge in [-0.05, 0) is 54.2 Å². The second-order valence-electron chi connectivity index (χ2n) is 4.44. The fourth-order valence-corrected chi connectivity index (χ4v) is 4.23. The first-order chi connectivity index (χ1) is 10.6. The zero-order chi connectivity index (χ0) is 15.5. The lowest BCUT2D eigenvalue weighted by Gasteiger charge is -2.00. The van der Waals surface area contributed by atoms with Gasteiger partial charge in [-0.1, -0.05) is 46.8 Å². The molecule has 0 saturated carbocycles. The van der Waals surface area contributed by atoms with Gasteiger partial charge in [0.1, 0.15) is 5.82 Å². The fourth-order valence-electron chi connectivity index (χ4n) is 1.79. The Hall–Kier alpha value is -1.21. The number of nitrogens with zero attached hydrogens (tertiary/aromatic N) is 2. The molecule has 1 heterocycles. The molecular formula is C15H10ClFN2S3. The van der Waals surface area contributed by atoms with Crippen molar-refractivity contribution < 1.29 is 4.39 Å². The maximum Gasteiger partial charge on any atom is 0.184 e. The van der Waals surface area contributed by atoms with Gasteiger partial charge in [0.2, 0.25) is 0 Å². The summed E-state index contributed by atoms with van der Waals surface area (Å²) in [7, 11) is 0. The molecule has 0 bridgehead atoms. The van der Waals surface area contributed by atoms with Crippen molar-refractivity contribution >= 4 is 46.9 Å². The summed E-state index contributed by atoms with van der Waals surface area (Å²) in [5.74, 6) is 0.500. The summed E-state index contributed by atoms with van der Waals surface area (Å²) < 4.78 is 16.2. The van der Waals surface area contributed by atoms with E-state index in [2.05, 4.69) is 5.10 Å². The number of thioether (sulfide) groups is 1. The summed E-state index contributed by atoms with van der Waals surface area (Å²) in [6.45, 7) is 0. The van der Waals surface area contributed by atoms with Crippen LogP contribution in [0.25, 0.3) is 5.69 Å². The van der Waals surface area contributed by atoms with Gasteiger partial charge in [0.15, 0.2) is 8.29 Å². The Balaban J connectivity index is 1.76. The van der Waals surface area contributed by atoms with Crippen molar-refractivity contribution in [2.24, 2.45) is 0 Å². The molecule has 0 aliphatic carbocycles. The summed E-state index contributed by atoms with van der Waals surface area (Å²) in [6.07, 6.45) is 0. The minimum Gasteiger partial charge on any atom is -0.211 e. The minimum atomic E-state index is -0.226. The van der Waals surface area contributed by atoms with Crippen molar-refractivity contribution in [3.05, 3.63) is 68.9 Å². The van der Waals surface area contributed by atoms with Crippen molar-refractivity contribution in [1.29, 1.82) is 0 Å². The Morgan fingerprint density at radius 2 is 1.82 bits per heavy atom. The predicted molar refractivity (Wildman–Crippen MR) is 93.2 cm³/mol. The largest absolute Gasteiger partial charge is 0.211 e. The molecule has 0 aliphatic heterocycles. The molecule has 2 aromatic carbocycles. The first-order valence-corrected chi connectivity index (χ1v) is 8.94. The van der Waals surface area contributed by atoms with Crippen LogP contribution < -0.4 is 0 Å². The van der Waals surface area contributed by atoms with Gasteiger partial charge >= 0.3 is 0 Å². The Morgan fingerprint density at radius 1 is 1.14 bits per heavy atom. The number of benzene rings is 2. The van der Waals surface area contributed by atoms with E-state index < -0.39 is 0 Å². The van der Waals surface area contributed by atoms with Crippen LogP contribution >= 0.6 is 46.9 Å². The second kappa shape index (κ2) is 6.91. The highest BCUT2D eigenvalue weighted by Gasteiger charge is 2.07. The predicted octanol–water partition coefficient (Wildman–Crippen LogP) is 5.75. The average Bonchev–Trinajstić information content (AvgIpc) is 2.89. The SMILES string of the molecule is Fc1ccc(CSc2nn(-c3ccc(Cl)cc3)c(=S)s2)cc1. The van der Waals surface area contributed by atoms with Crippen molar-refractivity contribution in [3.63, 3.8) is 0 Å². The third-order valence-electron chi connectivity index (χ3n) is 2.88. The monoisotopic (exact) mass is 368 g/mol. The topological polar surface area (TPSA) is 17.8 Å². The zero-order valence-corrected chi connectivity index (χ0v) is 14.4. The van der Waals surface area contributed by atoms with E-state index in [1.807, 2.05) is 24.3 Å². The van der Waals surface area contributed by atoms with E-state index in [0.29, 0.717) is 8.98 Å². The Labute approximate surface area is 145 Å². The summed E-state index contributed by atoms with van der Waals surface area (Å²) in [5, 5.41) is 5.20. The third kappa shape index (κ3) is 3.76.